The van der Waals surface area contributed by atoms with Crippen molar-refractivity contribution in [2.24, 2.45) is 0 Å². The van der Waals surface area contributed by atoms with Gasteiger partial charge in [-0.15, -0.1) is 0 Å². The number of nitriles is 1. The number of piperidine rings is 1. The Morgan fingerprint density at radius 2 is 1.91 bits per heavy atom. The molecule has 2 aromatic heterocycles. The summed E-state index contributed by atoms with van der Waals surface area (Å²) in [4.78, 5) is 28.2. The van der Waals surface area contributed by atoms with Gasteiger partial charge in [0.15, 0.2) is 12.0 Å². The molecule has 0 unspecified atom stereocenters. The number of likely N-dealkylation sites (tertiary alicyclic amines) is 1. The summed E-state index contributed by atoms with van der Waals surface area (Å²) in [5.74, 6) is 1.04. The van der Waals surface area contributed by atoms with E-state index in [9.17, 15) is 10.1 Å². The number of benzene rings is 2. The molecule has 0 spiro atoms. The summed E-state index contributed by atoms with van der Waals surface area (Å²) in [5.41, 5.74) is 4.05. The summed E-state index contributed by atoms with van der Waals surface area (Å²) in [6.07, 6.45) is 1.31. The van der Waals surface area contributed by atoms with Crippen LogP contribution < -0.4 is 15.0 Å². The van der Waals surface area contributed by atoms with Gasteiger partial charge in [-0.25, -0.2) is 14.4 Å². The lowest BCUT2D eigenvalue weighted by Gasteiger charge is -2.43. The van der Waals surface area contributed by atoms with E-state index in [0.29, 0.717) is 41.0 Å². The number of H-pyrrole nitrogens is 1. The molecule has 3 aliphatic rings. The Morgan fingerprint density at radius 1 is 1.11 bits per heavy atom. The van der Waals surface area contributed by atoms with Crippen molar-refractivity contribution in [2.75, 3.05) is 62.7 Å². The highest BCUT2D eigenvalue weighted by atomic mass is 19.1. The molecule has 3 aliphatic heterocycles. The molecule has 0 bridgehead atoms. The van der Waals surface area contributed by atoms with E-state index in [1.165, 1.54) is 10.6 Å². The van der Waals surface area contributed by atoms with E-state index < -0.39 is 12.3 Å². The Hall–Kier alpha value is -5.06. The van der Waals surface area contributed by atoms with Crippen molar-refractivity contribution in [3.05, 3.63) is 77.7 Å². The number of hydrogen-bond donors (Lipinski definition) is 2. The molecule has 2 aromatic carbocycles. The van der Waals surface area contributed by atoms with Crippen molar-refractivity contribution in [1.29, 1.82) is 5.26 Å². The Kier molecular flexibility index (Phi) is 8.69. The summed E-state index contributed by atoms with van der Waals surface area (Å²) >= 11 is 0. The molecule has 12 nitrogen and oxygen atoms in total. The van der Waals surface area contributed by atoms with Crippen LogP contribution in [0.4, 0.5) is 21.6 Å². The summed E-state index contributed by atoms with van der Waals surface area (Å²) < 4.78 is 26.5. The fourth-order valence-electron chi connectivity index (χ4n) is 6.19. The summed E-state index contributed by atoms with van der Waals surface area (Å²) in [7, 11) is 0. The number of hydrogen-bond acceptors (Lipinski definition) is 10. The molecule has 2 atom stereocenters. The highest BCUT2D eigenvalue weighted by Crippen LogP contribution is 2.29. The minimum absolute atomic E-state index is 0.105. The second kappa shape index (κ2) is 13.4. The van der Waals surface area contributed by atoms with Gasteiger partial charge in [-0.3, -0.25) is 14.8 Å². The average molecular weight is 638 g/mol. The number of piperazine rings is 1. The first kappa shape index (κ1) is 30.6. The van der Waals surface area contributed by atoms with Crippen molar-refractivity contribution >= 4 is 23.1 Å². The second-order valence-electron chi connectivity index (χ2n) is 12.1. The van der Waals surface area contributed by atoms with Crippen LogP contribution in [0.2, 0.25) is 0 Å². The van der Waals surface area contributed by atoms with Gasteiger partial charge in [-0.2, -0.15) is 10.4 Å². The van der Waals surface area contributed by atoms with Crippen LogP contribution >= 0.6 is 0 Å². The minimum atomic E-state index is -1.42. The Balaban J connectivity index is 0.967. The number of rotatable bonds is 8. The molecule has 7 rings (SSSR count). The first-order chi connectivity index (χ1) is 22.9. The zero-order valence-electron chi connectivity index (χ0n) is 26.1. The highest BCUT2D eigenvalue weighted by molar-refractivity contribution is 5.93. The molecule has 4 aromatic rings. The molecule has 0 aliphatic carbocycles. The van der Waals surface area contributed by atoms with Gasteiger partial charge in [-0.05, 0) is 61.0 Å². The lowest BCUT2D eigenvalue weighted by molar-refractivity contribution is -0.0660. The number of aromatic amines is 1. The van der Waals surface area contributed by atoms with Crippen molar-refractivity contribution in [2.45, 2.75) is 31.7 Å². The van der Waals surface area contributed by atoms with Crippen LogP contribution in [0.15, 0.2) is 60.9 Å². The summed E-state index contributed by atoms with van der Waals surface area (Å²) in [6, 6.07) is 17.9. The van der Waals surface area contributed by atoms with E-state index in [0.717, 1.165) is 45.1 Å². The minimum Gasteiger partial charge on any atom is -0.486 e. The van der Waals surface area contributed by atoms with Gasteiger partial charge in [0.1, 0.15) is 29.4 Å². The van der Waals surface area contributed by atoms with E-state index in [-0.39, 0.29) is 30.2 Å². The number of carbonyl (C=O) groups excluding carboxylic acids is 1. The fraction of sp³-hybridized carbons (Fsp3) is 0.382. The van der Waals surface area contributed by atoms with Gasteiger partial charge in [0.05, 0.1) is 37.6 Å². The van der Waals surface area contributed by atoms with Crippen LogP contribution in [-0.4, -0.2) is 107 Å². The molecular weight excluding hydrogens is 601 g/mol. The smallest absolute Gasteiger partial charge is 0.272 e. The molecule has 2 N–H and O–H groups in total. The number of nitrogens with one attached hydrogen (secondary N) is 2. The van der Waals surface area contributed by atoms with Crippen molar-refractivity contribution in [1.82, 2.24) is 30.0 Å². The quantitative estimate of drug-likeness (QED) is 0.293. The van der Waals surface area contributed by atoms with Crippen LogP contribution in [0.5, 0.6) is 5.75 Å². The van der Waals surface area contributed by atoms with E-state index >= 15 is 4.39 Å². The monoisotopic (exact) mass is 637 g/mol. The standard InChI is InChI=1S/C34H36FN9O3/c1-22-18-38-41-32(22)34(45)44-11-9-30(28(35)19-44)47-29-7-2-23(16-24(29)17-36)33-37-10-8-31(40-33)39-25-3-5-26(6-4-25)42-12-14-43(15-13-42)27-20-46-21-27/h2-8,10,16,18,27-28,30H,9,11-15,19-21H2,1H3,(H,38,41)(H,37,39,40)/t28-,30+/m1/s1. The van der Waals surface area contributed by atoms with Crippen molar-refractivity contribution in [3.63, 3.8) is 0 Å². The predicted molar refractivity (Wildman–Crippen MR) is 173 cm³/mol. The Labute approximate surface area is 272 Å². The molecule has 13 heteroatoms. The number of nitrogens with zero attached hydrogens (tertiary/aromatic N) is 7. The number of alkyl halides is 1. The van der Waals surface area contributed by atoms with E-state index in [2.05, 4.69) is 53.5 Å². The lowest BCUT2D eigenvalue weighted by atomic mass is 10.0. The number of aromatic nitrogens is 4. The molecule has 47 heavy (non-hydrogen) atoms. The third-order valence-corrected chi connectivity index (χ3v) is 9.06. The van der Waals surface area contributed by atoms with Gasteiger partial charge < -0.3 is 24.6 Å². The number of amides is 1. The predicted octanol–water partition coefficient (Wildman–Crippen LogP) is 3.94. The second-order valence-corrected chi connectivity index (χ2v) is 12.1. The molecular formula is C34H36FN9O3. The van der Waals surface area contributed by atoms with Gasteiger partial charge in [0.2, 0.25) is 0 Å². The Bertz CT molecular complexity index is 1760. The van der Waals surface area contributed by atoms with E-state index in [4.69, 9.17) is 9.47 Å². The van der Waals surface area contributed by atoms with E-state index in [1.807, 2.05) is 12.1 Å². The van der Waals surface area contributed by atoms with Crippen LogP contribution in [0, 0.1) is 18.3 Å². The average Bonchev–Trinajstić information content (AvgIpc) is 3.51. The maximum Gasteiger partial charge on any atom is 0.272 e. The number of aryl methyl sites for hydroxylation is 1. The Morgan fingerprint density at radius 3 is 2.60 bits per heavy atom. The van der Waals surface area contributed by atoms with Crippen LogP contribution in [0.25, 0.3) is 11.4 Å². The topological polar surface area (TPSA) is 136 Å². The molecule has 3 fully saturated rings. The zero-order chi connectivity index (χ0) is 32.3. The van der Waals surface area contributed by atoms with Crippen LogP contribution in [0.3, 0.4) is 0 Å². The number of halogens is 1. The molecule has 0 saturated carbocycles. The van der Waals surface area contributed by atoms with Gasteiger partial charge >= 0.3 is 0 Å². The zero-order valence-corrected chi connectivity index (χ0v) is 26.1. The molecule has 242 valence electrons. The fourth-order valence-corrected chi connectivity index (χ4v) is 6.19. The van der Waals surface area contributed by atoms with Crippen LogP contribution in [0.1, 0.15) is 28.0 Å². The number of anilines is 3. The molecule has 5 heterocycles. The number of ether oxygens (including phenoxy) is 2. The SMILES string of the molecule is Cc1cn[nH]c1C(=O)N1CC[C@H](Oc2ccc(-c3nccc(Nc4ccc(N5CCN(C6COC6)CC5)cc4)n3)cc2C#N)[C@H](F)C1. The third kappa shape index (κ3) is 6.61. The first-order valence-corrected chi connectivity index (χ1v) is 15.9. The lowest BCUT2D eigenvalue weighted by Crippen LogP contribution is -2.56. The van der Waals surface area contributed by atoms with Crippen molar-refractivity contribution in [3.8, 4) is 23.2 Å². The third-order valence-electron chi connectivity index (χ3n) is 9.06. The largest absolute Gasteiger partial charge is 0.486 e. The highest BCUT2D eigenvalue weighted by Gasteiger charge is 2.35. The van der Waals surface area contributed by atoms with Crippen LogP contribution in [-0.2, 0) is 4.74 Å². The normalized spacial score (nSPS) is 20.4. The molecule has 0 radical (unpaired) electrons. The van der Waals surface area contributed by atoms with Gasteiger partial charge in [0, 0.05) is 62.3 Å². The summed E-state index contributed by atoms with van der Waals surface area (Å²) in [5, 5.41) is 19.8. The van der Waals surface area contributed by atoms with Crippen molar-refractivity contribution < 1.29 is 18.7 Å². The molecule has 3 saturated heterocycles. The number of carbonyl (C=O) groups is 1. The van der Waals surface area contributed by atoms with Gasteiger partial charge in [0.25, 0.3) is 5.91 Å². The van der Waals surface area contributed by atoms with E-state index in [1.54, 1.807) is 43.6 Å². The molecule has 1 amide bonds. The maximum absolute atomic E-state index is 15.2. The first-order valence-electron chi connectivity index (χ1n) is 15.9. The van der Waals surface area contributed by atoms with Gasteiger partial charge in [-0.1, -0.05) is 0 Å². The summed E-state index contributed by atoms with van der Waals surface area (Å²) in [6.45, 7) is 7.78. The maximum atomic E-state index is 15.2.